The van der Waals surface area contributed by atoms with Crippen LogP contribution < -0.4 is 10.7 Å². The molecule has 1 heterocycles. The molecule has 1 N–H and O–H groups in total. The van der Waals surface area contributed by atoms with Gasteiger partial charge in [0.25, 0.3) is 0 Å². The monoisotopic (exact) mass is 173 g/mol. The van der Waals surface area contributed by atoms with Gasteiger partial charge in [0, 0.05) is 20.7 Å². The maximum absolute atomic E-state index is 10.5. The molecule has 0 amide bonds. The lowest BCUT2D eigenvalue weighted by Crippen LogP contribution is -2.23. The number of nitrogens with one attached hydrogen (secondary N) is 1. The Kier molecular flexibility index (Phi) is 2.87. The molecule has 0 spiro atoms. The van der Waals surface area contributed by atoms with Gasteiger partial charge in [-0.1, -0.05) is 0 Å². The first-order chi connectivity index (χ1) is 5.74. The first-order valence-corrected chi connectivity index (χ1v) is 3.50. The molecule has 68 valence electrons. The molecule has 0 atom stereocenters. The van der Waals surface area contributed by atoms with E-state index in [1.165, 1.54) is 0 Å². The Balaban J connectivity index is 2.53. The lowest BCUT2D eigenvalue weighted by atomic mass is 10.6. The van der Waals surface area contributed by atoms with Crippen molar-refractivity contribution in [2.24, 2.45) is 0 Å². The maximum Gasteiger partial charge on any atom is 0.440 e. The van der Waals surface area contributed by atoms with Crippen LogP contribution >= 0.6 is 0 Å². The highest BCUT2D eigenvalue weighted by atomic mass is 16.5. The van der Waals surface area contributed by atoms with Crippen molar-refractivity contribution in [1.29, 1.82) is 0 Å². The van der Waals surface area contributed by atoms with E-state index < -0.39 is 5.76 Å². The molecular formula is C6H11N3O3. The van der Waals surface area contributed by atoms with Gasteiger partial charge in [0.1, 0.15) is 0 Å². The van der Waals surface area contributed by atoms with Crippen molar-refractivity contribution in [1.82, 2.24) is 10.1 Å². The Morgan fingerprint density at radius 2 is 2.50 bits per heavy atom. The van der Waals surface area contributed by atoms with Crippen LogP contribution in [0.3, 0.4) is 0 Å². The first kappa shape index (κ1) is 8.79. The highest BCUT2D eigenvalue weighted by Crippen LogP contribution is 1.98. The van der Waals surface area contributed by atoms with Crippen LogP contribution in [0.4, 0.5) is 5.95 Å². The Morgan fingerprint density at radius 1 is 1.75 bits per heavy atom. The van der Waals surface area contributed by atoms with E-state index in [0.29, 0.717) is 19.1 Å². The molecule has 0 fully saturated rings. The molecule has 0 aromatic carbocycles. The van der Waals surface area contributed by atoms with Crippen molar-refractivity contribution < 1.29 is 9.26 Å². The summed E-state index contributed by atoms with van der Waals surface area (Å²) in [6.07, 6.45) is 0. The number of anilines is 1. The minimum absolute atomic E-state index is 0.414. The van der Waals surface area contributed by atoms with Crippen molar-refractivity contribution >= 4 is 5.95 Å². The minimum atomic E-state index is -0.547. The summed E-state index contributed by atoms with van der Waals surface area (Å²) in [7, 11) is 3.40. The molecule has 1 rings (SSSR count). The van der Waals surface area contributed by atoms with Gasteiger partial charge in [-0.05, 0) is 5.16 Å². The van der Waals surface area contributed by atoms with Crippen LogP contribution in [0.2, 0.25) is 0 Å². The van der Waals surface area contributed by atoms with Crippen LogP contribution in [-0.2, 0) is 4.74 Å². The van der Waals surface area contributed by atoms with Crippen molar-refractivity contribution in [2.75, 3.05) is 32.2 Å². The highest BCUT2D eigenvalue weighted by molar-refractivity contribution is 5.23. The van der Waals surface area contributed by atoms with Gasteiger partial charge in [-0.15, -0.1) is 0 Å². The van der Waals surface area contributed by atoms with Crippen LogP contribution in [0.1, 0.15) is 0 Å². The van der Waals surface area contributed by atoms with E-state index in [0.717, 1.165) is 0 Å². The Hall–Kier alpha value is -1.30. The summed E-state index contributed by atoms with van der Waals surface area (Å²) in [4.78, 5) is 14.7. The first-order valence-electron chi connectivity index (χ1n) is 3.50. The smallest absolute Gasteiger partial charge is 0.383 e. The summed E-state index contributed by atoms with van der Waals surface area (Å²) in [6.45, 7) is 1.23. The fourth-order valence-electron chi connectivity index (χ4n) is 0.721. The number of aromatic nitrogens is 2. The summed E-state index contributed by atoms with van der Waals surface area (Å²) in [6, 6.07) is 0. The van der Waals surface area contributed by atoms with Crippen LogP contribution in [0.25, 0.3) is 0 Å². The van der Waals surface area contributed by atoms with E-state index in [4.69, 9.17) is 4.74 Å². The number of nitrogens with zero attached hydrogens (tertiary/aromatic N) is 2. The highest BCUT2D eigenvalue weighted by Gasteiger charge is 2.04. The van der Waals surface area contributed by atoms with Crippen LogP contribution in [-0.4, -0.2) is 37.4 Å². The second-order valence-electron chi connectivity index (χ2n) is 2.33. The number of H-pyrrole nitrogens is 1. The van der Waals surface area contributed by atoms with Gasteiger partial charge in [-0.2, -0.15) is 0 Å². The second kappa shape index (κ2) is 3.91. The molecule has 0 saturated heterocycles. The lowest BCUT2D eigenvalue weighted by Gasteiger charge is -2.12. The van der Waals surface area contributed by atoms with E-state index in [1.807, 2.05) is 0 Å². The van der Waals surface area contributed by atoms with Crippen molar-refractivity contribution in [2.45, 2.75) is 0 Å². The molecule has 0 aliphatic heterocycles. The predicted molar refractivity (Wildman–Crippen MR) is 42.3 cm³/mol. The standard InChI is InChI=1S/C6H11N3O3/c1-9(3-4-11-2)5-7-6(10)12-8-5/h3-4H2,1-2H3,(H,7,8,10). The number of rotatable bonds is 4. The summed E-state index contributed by atoms with van der Waals surface area (Å²) in [5.41, 5.74) is 0. The zero-order valence-corrected chi connectivity index (χ0v) is 7.03. The molecule has 0 radical (unpaired) electrons. The van der Waals surface area contributed by atoms with Crippen LogP contribution in [0.5, 0.6) is 0 Å². The van der Waals surface area contributed by atoms with Gasteiger partial charge >= 0.3 is 5.76 Å². The molecule has 0 unspecified atom stereocenters. The molecule has 6 heteroatoms. The topological polar surface area (TPSA) is 71.4 Å². The molecule has 0 bridgehead atoms. The Bertz CT molecular complexity index is 280. The average molecular weight is 173 g/mol. The van der Waals surface area contributed by atoms with Gasteiger partial charge in [-0.3, -0.25) is 9.51 Å². The van der Waals surface area contributed by atoms with Crippen molar-refractivity contribution in [3.05, 3.63) is 10.6 Å². The number of hydrogen-bond acceptors (Lipinski definition) is 5. The summed E-state index contributed by atoms with van der Waals surface area (Å²) >= 11 is 0. The number of ether oxygens (including phenoxy) is 1. The fraction of sp³-hybridized carbons (Fsp3) is 0.667. The number of aromatic amines is 1. The molecule has 12 heavy (non-hydrogen) atoms. The zero-order chi connectivity index (χ0) is 8.97. The van der Waals surface area contributed by atoms with Gasteiger partial charge in [0.05, 0.1) is 6.61 Å². The lowest BCUT2D eigenvalue weighted by molar-refractivity contribution is 0.206. The number of methoxy groups -OCH3 is 1. The SMILES string of the molecule is COCCN(C)c1noc(=O)[nH]1. The van der Waals surface area contributed by atoms with Gasteiger partial charge in [-0.25, -0.2) is 4.79 Å². The van der Waals surface area contributed by atoms with Gasteiger partial charge in [0.2, 0.25) is 5.95 Å². The van der Waals surface area contributed by atoms with E-state index in [9.17, 15) is 4.79 Å². The van der Waals surface area contributed by atoms with Gasteiger partial charge < -0.3 is 9.64 Å². The van der Waals surface area contributed by atoms with E-state index in [-0.39, 0.29) is 0 Å². The number of hydrogen-bond donors (Lipinski definition) is 1. The Morgan fingerprint density at radius 3 is 3.00 bits per heavy atom. The molecule has 1 aromatic heterocycles. The van der Waals surface area contributed by atoms with Gasteiger partial charge in [0.15, 0.2) is 0 Å². The van der Waals surface area contributed by atoms with Crippen LogP contribution in [0, 0.1) is 0 Å². The third kappa shape index (κ3) is 2.09. The van der Waals surface area contributed by atoms with E-state index in [2.05, 4.69) is 14.7 Å². The molecule has 6 nitrogen and oxygen atoms in total. The van der Waals surface area contributed by atoms with E-state index >= 15 is 0 Å². The predicted octanol–water partition coefficient (Wildman–Crippen LogP) is -0.554. The largest absolute Gasteiger partial charge is 0.440 e. The summed E-state index contributed by atoms with van der Waals surface area (Å²) in [5.74, 6) is -0.133. The zero-order valence-electron chi connectivity index (χ0n) is 7.03. The minimum Gasteiger partial charge on any atom is -0.383 e. The second-order valence-corrected chi connectivity index (χ2v) is 2.33. The third-order valence-corrected chi connectivity index (χ3v) is 1.42. The van der Waals surface area contributed by atoms with Crippen molar-refractivity contribution in [3.63, 3.8) is 0 Å². The molecular weight excluding hydrogens is 162 g/mol. The summed E-state index contributed by atoms with van der Waals surface area (Å²) < 4.78 is 9.17. The average Bonchev–Trinajstić information content (AvgIpc) is 2.47. The fourth-order valence-corrected chi connectivity index (χ4v) is 0.721. The Labute approximate surface area is 69.1 Å². The maximum atomic E-state index is 10.5. The third-order valence-electron chi connectivity index (χ3n) is 1.42. The number of likely N-dealkylation sites (N-methyl/N-ethyl adjacent to an activating group) is 1. The normalized spacial score (nSPS) is 10.2. The van der Waals surface area contributed by atoms with Crippen molar-refractivity contribution in [3.8, 4) is 0 Å². The van der Waals surface area contributed by atoms with Crippen LogP contribution in [0.15, 0.2) is 9.32 Å². The molecule has 0 saturated carbocycles. The molecule has 0 aliphatic carbocycles. The molecule has 1 aromatic rings. The summed E-state index contributed by atoms with van der Waals surface area (Å²) in [5, 5.41) is 3.50. The molecule has 0 aliphatic rings. The quantitative estimate of drug-likeness (QED) is 0.661. The van der Waals surface area contributed by atoms with E-state index in [1.54, 1.807) is 19.1 Å².